The number of carboxylic acids is 6. The van der Waals surface area contributed by atoms with Crippen LogP contribution in [0.15, 0.2) is 146 Å². The first-order valence-corrected chi connectivity index (χ1v) is 15.6. The Balaban J connectivity index is 0.000000285. The molecule has 0 spiro atoms. The molecule has 12 nitrogen and oxygen atoms in total. The molecule has 6 rings (SSSR count). The Morgan fingerprint density at radius 2 is 0.304 bits per heavy atom. The van der Waals surface area contributed by atoms with E-state index in [9.17, 15) is 59.4 Å². The normalized spacial score (nSPS) is 9.64. The summed E-state index contributed by atoms with van der Waals surface area (Å²) in [6.07, 6.45) is 0. The summed E-state index contributed by atoms with van der Waals surface area (Å²) in [5.41, 5.74) is 5.39. The van der Waals surface area contributed by atoms with Crippen LogP contribution < -0.4 is 30.6 Å². The van der Waals surface area contributed by atoms with E-state index in [0.29, 0.717) is 0 Å². The molecule has 282 valence electrons. The molecule has 0 unspecified atom stereocenters. The van der Waals surface area contributed by atoms with Gasteiger partial charge in [0.05, 0.1) is 35.8 Å². The van der Waals surface area contributed by atoms with Gasteiger partial charge < -0.3 is 59.4 Å². The summed E-state index contributed by atoms with van der Waals surface area (Å²) in [4.78, 5) is 63.5. The smallest absolute Gasteiger partial charge is 0.545 e. The second-order valence-electron chi connectivity index (χ2n) is 11.2. The largest absolute Gasteiger partial charge is 3.00 e. The summed E-state index contributed by atoms with van der Waals surface area (Å²) in [7, 11) is 0. The van der Waals surface area contributed by atoms with Crippen molar-refractivity contribution in [3.05, 3.63) is 179 Å². The molecule has 56 heavy (non-hydrogen) atoms. The van der Waals surface area contributed by atoms with E-state index in [-0.39, 0.29) is 72.3 Å². The number of hydrogen-bond acceptors (Lipinski definition) is 12. The summed E-state index contributed by atoms with van der Waals surface area (Å²) in [5.74, 6) is -7.37. The van der Waals surface area contributed by atoms with Crippen LogP contribution in [0.1, 0.15) is 62.1 Å². The van der Waals surface area contributed by atoms with E-state index in [1.807, 2.05) is 0 Å². The van der Waals surface area contributed by atoms with Gasteiger partial charge in [0, 0.05) is 0 Å². The maximum absolute atomic E-state index is 10.6. The third-order valence-electron chi connectivity index (χ3n) is 7.72. The molecule has 0 saturated heterocycles. The number of aromatic carboxylic acids is 6. The van der Waals surface area contributed by atoms with Crippen LogP contribution in [-0.4, -0.2) is 35.8 Å². The first-order chi connectivity index (χ1) is 25.7. The predicted octanol–water partition coefficient (Wildman–Crippen LogP) is 0.237. The zero-order chi connectivity index (χ0) is 39.4. The molecule has 0 bridgehead atoms. The summed E-state index contributed by atoms with van der Waals surface area (Å²) in [6.45, 7) is 0. The molecule has 14 heteroatoms. The minimum Gasteiger partial charge on any atom is -0.545 e. The van der Waals surface area contributed by atoms with Gasteiger partial charge in [0.15, 0.2) is 0 Å². The van der Waals surface area contributed by atoms with Gasteiger partial charge in [-0.3, -0.25) is 0 Å². The van der Waals surface area contributed by atoms with Gasteiger partial charge >= 0.3 is 39.0 Å². The first kappa shape index (κ1) is 45.5. The van der Waals surface area contributed by atoms with Crippen molar-refractivity contribution in [2.75, 3.05) is 0 Å². The SMILES string of the molecule is O=C([O-])c1ccc(-c2ccc(C(=O)[O-])cc2)cc1.O=C([O-])c1ccc(-c2ccc(C(=O)[O-])cc2)cc1.O=C([O-])c1ccc(-c2ccc(C(=O)[O-])cc2)cc1.[Rh+3].[Rh+3]. The van der Waals surface area contributed by atoms with Crippen LogP contribution in [0.25, 0.3) is 33.4 Å². The third-order valence-corrected chi connectivity index (χ3v) is 7.72. The van der Waals surface area contributed by atoms with E-state index in [2.05, 4.69) is 0 Å². The molecule has 0 saturated carbocycles. The molecule has 0 heterocycles. The second kappa shape index (κ2) is 21.3. The van der Waals surface area contributed by atoms with Crippen molar-refractivity contribution >= 4 is 35.8 Å². The molecule has 0 N–H and O–H groups in total. The Morgan fingerprint density at radius 3 is 0.375 bits per heavy atom. The molecule has 6 aromatic carbocycles. The summed E-state index contributed by atoms with van der Waals surface area (Å²) < 4.78 is 0. The van der Waals surface area contributed by atoms with Crippen molar-refractivity contribution in [3.63, 3.8) is 0 Å². The number of carbonyl (C=O) groups excluding carboxylic acids is 6. The fraction of sp³-hybridized carbons (Fsp3) is 0. The van der Waals surface area contributed by atoms with Crippen molar-refractivity contribution in [2.24, 2.45) is 0 Å². The van der Waals surface area contributed by atoms with Crippen LogP contribution >= 0.6 is 0 Å². The molecular weight excluding hydrogens is 902 g/mol. The van der Waals surface area contributed by atoms with E-state index in [0.717, 1.165) is 33.4 Å². The monoisotopic (exact) mass is 926 g/mol. The molecule has 0 amide bonds. The van der Waals surface area contributed by atoms with Crippen LogP contribution in [0.2, 0.25) is 0 Å². The molecule has 0 aromatic heterocycles. The molecule has 0 fully saturated rings. The maximum atomic E-state index is 10.6. The molecule has 0 radical (unpaired) electrons. The Labute approximate surface area is 344 Å². The average Bonchev–Trinajstić information content (AvgIpc) is 3.18. The Bertz CT molecular complexity index is 1860. The Hall–Kier alpha value is -6.61. The van der Waals surface area contributed by atoms with E-state index in [1.54, 1.807) is 72.8 Å². The van der Waals surface area contributed by atoms with Crippen LogP contribution in [0.3, 0.4) is 0 Å². The Morgan fingerprint density at radius 1 is 0.214 bits per heavy atom. The Kier molecular flexibility index (Phi) is 17.3. The molecule has 0 aliphatic carbocycles. The van der Waals surface area contributed by atoms with Crippen molar-refractivity contribution in [2.45, 2.75) is 0 Å². The van der Waals surface area contributed by atoms with Crippen molar-refractivity contribution < 1.29 is 98.4 Å². The molecule has 0 aliphatic rings. The quantitative estimate of drug-likeness (QED) is 0.177. The number of hydrogen-bond donors (Lipinski definition) is 0. The number of benzene rings is 6. The van der Waals surface area contributed by atoms with Gasteiger partial charge in [0.2, 0.25) is 0 Å². The van der Waals surface area contributed by atoms with Gasteiger partial charge in [-0.05, 0) is 66.8 Å². The molecule has 0 aliphatic heterocycles. The fourth-order valence-electron chi connectivity index (χ4n) is 4.79. The fourth-order valence-corrected chi connectivity index (χ4v) is 4.79. The van der Waals surface area contributed by atoms with E-state index >= 15 is 0 Å². The topological polar surface area (TPSA) is 241 Å². The number of carboxylic acid groups (broad SMARTS) is 6. The van der Waals surface area contributed by atoms with E-state index in [4.69, 9.17) is 0 Å². The molecule has 0 atom stereocenters. The van der Waals surface area contributed by atoms with E-state index < -0.39 is 35.8 Å². The number of rotatable bonds is 9. The third kappa shape index (κ3) is 12.8. The summed E-state index contributed by atoms with van der Waals surface area (Å²) in [6, 6.07) is 37.0. The summed E-state index contributed by atoms with van der Waals surface area (Å²) >= 11 is 0. The predicted molar refractivity (Wildman–Crippen MR) is 182 cm³/mol. The van der Waals surface area contributed by atoms with Gasteiger partial charge in [-0.2, -0.15) is 0 Å². The standard InChI is InChI=1S/3C14H10O4.2Rh/c3*15-13(16)11-5-1-9(2-6-11)10-3-7-12(8-4-10)14(17)18;;/h3*1-8H,(H,15,16)(H,17,18);;/q;;;2*+3/p-6. The summed E-state index contributed by atoms with van der Waals surface area (Å²) in [5, 5.41) is 63.5. The van der Waals surface area contributed by atoms with Crippen molar-refractivity contribution in [3.8, 4) is 33.4 Å². The van der Waals surface area contributed by atoms with Crippen LogP contribution in [-0.2, 0) is 39.0 Å². The second-order valence-corrected chi connectivity index (χ2v) is 11.2. The van der Waals surface area contributed by atoms with Crippen molar-refractivity contribution in [1.82, 2.24) is 0 Å². The maximum Gasteiger partial charge on any atom is 3.00 e. The van der Waals surface area contributed by atoms with Gasteiger partial charge in [-0.25, -0.2) is 0 Å². The van der Waals surface area contributed by atoms with Gasteiger partial charge in [-0.1, -0.05) is 146 Å². The van der Waals surface area contributed by atoms with E-state index in [1.165, 1.54) is 72.8 Å². The minimum atomic E-state index is -1.23. The van der Waals surface area contributed by atoms with Crippen LogP contribution in [0.5, 0.6) is 0 Å². The van der Waals surface area contributed by atoms with Gasteiger partial charge in [0.1, 0.15) is 0 Å². The molecule has 6 aromatic rings. The minimum absolute atomic E-state index is 0. The van der Waals surface area contributed by atoms with Gasteiger partial charge in [0.25, 0.3) is 0 Å². The first-order valence-electron chi connectivity index (χ1n) is 15.6. The van der Waals surface area contributed by atoms with Crippen LogP contribution in [0, 0.1) is 0 Å². The zero-order valence-electron chi connectivity index (χ0n) is 28.4. The van der Waals surface area contributed by atoms with Crippen LogP contribution in [0.4, 0.5) is 0 Å². The number of carbonyl (C=O) groups is 6. The van der Waals surface area contributed by atoms with Crippen molar-refractivity contribution in [1.29, 1.82) is 0 Å². The van der Waals surface area contributed by atoms with Gasteiger partial charge in [-0.15, -0.1) is 0 Å². The molecular formula is C42H24O12Rh2. The zero-order valence-corrected chi connectivity index (χ0v) is 31.7. The average molecular weight is 926 g/mol.